The van der Waals surface area contributed by atoms with Crippen LogP contribution >= 0.6 is 15.9 Å². The lowest BCUT2D eigenvalue weighted by molar-refractivity contribution is -0.143. The molecule has 0 aliphatic heterocycles. The van der Waals surface area contributed by atoms with Gasteiger partial charge in [-0.3, -0.25) is 9.79 Å². The third-order valence-corrected chi connectivity index (χ3v) is 5.26. The van der Waals surface area contributed by atoms with Crippen LogP contribution in [0.2, 0.25) is 0 Å². The first-order valence-corrected chi connectivity index (χ1v) is 11.4. The molecule has 0 aliphatic carbocycles. The van der Waals surface area contributed by atoms with E-state index in [1.165, 1.54) is 0 Å². The quantitative estimate of drug-likeness (QED) is 0.242. The van der Waals surface area contributed by atoms with Crippen molar-refractivity contribution in [1.29, 1.82) is 0 Å². The van der Waals surface area contributed by atoms with E-state index in [9.17, 15) is 4.79 Å². The minimum Gasteiger partial charge on any atom is -0.493 e. The van der Waals surface area contributed by atoms with Crippen molar-refractivity contribution in [2.24, 2.45) is 10.7 Å². The van der Waals surface area contributed by atoms with Crippen LogP contribution in [0, 0.1) is 0 Å². The number of unbranched alkanes of at least 4 members (excludes halogenated alkanes) is 2. The zero-order valence-electron chi connectivity index (χ0n) is 18.3. The van der Waals surface area contributed by atoms with Gasteiger partial charge in [0.25, 0.3) is 0 Å². The molecule has 0 heterocycles. The lowest BCUT2D eigenvalue weighted by Gasteiger charge is -2.14. The summed E-state index contributed by atoms with van der Waals surface area (Å²) < 4.78 is 12.0. The molecule has 0 saturated heterocycles. The monoisotopic (exact) mass is 486 g/mol. The smallest absolute Gasteiger partial charge is 0.305 e. The van der Waals surface area contributed by atoms with Crippen molar-refractivity contribution in [1.82, 2.24) is 0 Å². The summed E-state index contributed by atoms with van der Waals surface area (Å²) >= 11 is 3.46. The van der Waals surface area contributed by atoms with Gasteiger partial charge in [-0.1, -0.05) is 46.3 Å². The first kappa shape index (κ1) is 24.7. The Morgan fingerprint density at radius 2 is 1.84 bits per heavy atom. The normalized spacial score (nSPS) is 12.0. The van der Waals surface area contributed by atoms with Gasteiger partial charge in [0.1, 0.15) is 5.75 Å². The summed E-state index contributed by atoms with van der Waals surface area (Å²) in [5, 5.41) is 0. The molecule has 0 aromatic heterocycles. The molecule has 0 fully saturated rings. The number of aliphatic imine (C=N–C) groups is 1. The van der Waals surface area contributed by atoms with Crippen LogP contribution in [0.3, 0.4) is 0 Å². The second-order valence-electron chi connectivity index (χ2n) is 7.08. The summed E-state index contributed by atoms with van der Waals surface area (Å²) in [7, 11) is 1.74. The van der Waals surface area contributed by atoms with Gasteiger partial charge in [-0.15, -0.1) is 0 Å². The van der Waals surface area contributed by atoms with Crippen molar-refractivity contribution in [3.63, 3.8) is 0 Å². The number of hydrogen-bond donors (Lipinski definition) is 1. The average molecular weight is 487 g/mol. The van der Waals surface area contributed by atoms with Crippen LogP contribution in [-0.4, -0.2) is 32.4 Å². The molecule has 31 heavy (non-hydrogen) atoms. The second kappa shape index (κ2) is 13.7. The molecule has 0 spiro atoms. The Balaban J connectivity index is 2.00. The minimum absolute atomic E-state index is 0.131. The summed E-state index contributed by atoms with van der Waals surface area (Å²) in [6.45, 7) is 2.86. The molecule has 0 unspecified atom stereocenters. The highest BCUT2D eigenvalue weighted by Crippen LogP contribution is 2.24. The lowest BCUT2D eigenvalue weighted by atomic mass is 10.00. The highest BCUT2D eigenvalue weighted by Gasteiger charge is 2.10. The third kappa shape index (κ3) is 8.58. The van der Waals surface area contributed by atoms with Gasteiger partial charge in [-0.2, -0.15) is 0 Å². The molecule has 5 nitrogen and oxygen atoms in total. The van der Waals surface area contributed by atoms with Crippen LogP contribution < -0.4 is 10.5 Å². The van der Waals surface area contributed by atoms with Crippen molar-refractivity contribution in [2.45, 2.75) is 39.0 Å². The first-order valence-electron chi connectivity index (χ1n) is 10.6. The Hall–Kier alpha value is -2.60. The van der Waals surface area contributed by atoms with E-state index in [0.717, 1.165) is 46.2 Å². The van der Waals surface area contributed by atoms with E-state index in [4.69, 9.17) is 15.2 Å². The predicted octanol–water partition coefficient (Wildman–Crippen LogP) is 5.56. The SMILES string of the molecule is CCOC(=O)CCCCCOc1ccccc1CC(C=NC)=C(N)c1ccc(Br)cc1. The zero-order chi connectivity index (χ0) is 22.5. The summed E-state index contributed by atoms with van der Waals surface area (Å²) in [5.41, 5.74) is 10.1. The minimum atomic E-state index is -0.131. The molecule has 0 atom stereocenters. The van der Waals surface area contributed by atoms with Gasteiger partial charge in [-0.25, -0.2) is 0 Å². The second-order valence-corrected chi connectivity index (χ2v) is 8.00. The standard InChI is InChI=1S/C25H31BrN2O3/c1-3-30-24(29)11-5-4-8-16-31-23-10-7-6-9-20(23)17-21(18-28-2)25(27)19-12-14-22(26)15-13-19/h6-7,9-10,12-15,18H,3-5,8,11,16-17,27H2,1-2H3. The number of halogens is 1. The largest absolute Gasteiger partial charge is 0.493 e. The zero-order valence-corrected chi connectivity index (χ0v) is 19.9. The Morgan fingerprint density at radius 3 is 2.55 bits per heavy atom. The highest BCUT2D eigenvalue weighted by atomic mass is 79.9. The van der Waals surface area contributed by atoms with Crippen molar-refractivity contribution >= 4 is 33.8 Å². The Labute approximate surface area is 193 Å². The van der Waals surface area contributed by atoms with E-state index >= 15 is 0 Å². The van der Waals surface area contributed by atoms with Gasteiger partial charge < -0.3 is 15.2 Å². The maximum atomic E-state index is 11.4. The van der Waals surface area contributed by atoms with Gasteiger partial charge in [0.15, 0.2) is 0 Å². The van der Waals surface area contributed by atoms with Crippen molar-refractivity contribution < 1.29 is 14.3 Å². The molecule has 0 aliphatic rings. The number of nitrogens with zero attached hydrogens (tertiary/aromatic N) is 1. The van der Waals surface area contributed by atoms with Crippen molar-refractivity contribution in [2.75, 3.05) is 20.3 Å². The maximum absolute atomic E-state index is 11.4. The van der Waals surface area contributed by atoms with Crippen LogP contribution in [0.15, 0.2) is 63.6 Å². The number of esters is 1. The molecule has 0 radical (unpaired) electrons. The van der Waals surface area contributed by atoms with E-state index in [2.05, 4.69) is 27.0 Å². The molecular weight excluding hydrogens is 456 g/mol. The number of benzene rings is 2. The molecule has 0 saturated carbocycles. The van der Waals surface area contributed by atoms with E-state index in [1.54, 1.807) is 7.05 Å². The number of carbonyl (C=O) groups excluding carboxylic acids is 1. The summed E-state index contributed by atoms with van der Waals surface area (Å²) in [6.07, 6.45) is 5.51. The van der Waals surface area contributed by atoms with Crippen molar-refractivity contribution in [3.8, 4) is 5.75 Å². The highest BCUT2D eigenvalue weighted by molar-refractivity contribution is 9.10. The molecule has 0 bridgehead atoms. The van der Waals surface area contributed by atoms with Crippen LogP contribution in [0.5, 0.6) is 5.75 Å². The van der Waals surface area contributed by atoms with E-state index in [-0.39, 0.29) is 5.97 Å². The van der Waals surface area contributed by atoms with Crippen LogP contribution in [0.4, 0.5) is 0 Å². The molecule has 0 amide bonds. The van der Waals surface area contributed by atoms with Gasteiger partial charge in [-0.05, 0) is 61.1 Å². The molecular formula is C25H31BrN2O3. The average Bonchev–Trinajstić information content (AvgIpc) is 2.77. The number of para-hydroxylation sites is 1. The number of carbonyl (C=O) groups is 1. The third-order valence-electron chi connectivity index (χ3n) is 4.73. The molecule has 6 heteroatoms. The molecule has 166 valence electrons. The van der Waals surface area contributed by atoms with Gasteiger partial charge in [0.2, 0.25) is 0 Å². The number of ether oxygens (including phenoxy) is 2. The van der Waals surface area contributed by atoms with Gasteiger partial charge in [0, 0.05) is 36.3 Å². The van der Waals surface area contributed by atoms with E-state index in [0.29, 0.717) is 31.8 Å². The predicted molar refractivity (Wildman–Crippen MR) is 130 cm³/mol. The molecule has 2 aromatic rings. The number of hydrogen-bond acceptors (Lipinski definition) is 5. The summed E-state index contributed by atoms with van der Waals surface area (Å²) in [5.74, 6) is 0.715. The van der Waals surface area contributed by atoms with Gasteiger partial charge >= 0.3 is 5.97 Å². The fourth-order valence-electron chi connectivity index (χ4n) is 3.14. The fraction of sp³-hybridized carbons (Fsp3) is 0.360. The van der Waals surface area contributed by atoms with E-state index < -0.39 is 0 Å². The van der Waals surface area contributed by atoms with E-state index in [1.807, 2.05) is 55.6 Å². The molecule has 2 aromatic carbocycles. The van der Waals surface area contributed by atoms with Crippen LogP contribution in [0.25, 0.3) is 5.70 Å². The molecule has 2 rings (SSSR count). The first-order chi connectivity index (χ1) is 15.0. The Morgan fingerprint density at radius 1 is 1.10 bits per heavy atom. The van der Waals surface area contributed by atoms with Crippen molar-refractivity contribution in [3.05, 3.63) is 69.7 Å². The summed E-state index contributed by atoms with van der Waals surface area (Å²) in [6, 6.07) is 15.9. The maximum Gasteiger partial charge on any atom is 0.305 e. The number of rotatable bonds is 12. The van der Waals surface area contributed by atoms with Crippen LogP contribution in [0.1, 0.15) is 43.7 Å². The Bertz CT molecular complexity index is 892. The van der Waals surface area contributed by atoms with Gasteiger partial charge in [0.05, 0.1) is 13.2 Å². The summed E-state index contributed by atoms with van der Waals surface area (Å²) in [4.78, 5) is 15.6. The number of allylic oxidation sites excluding steroid dienone is 1. The fourth-order valence-corrected chi connectivity index (χ4v) is 3.40. The lowest BCUT2D eigenvalue weighted by Crippen LogP contribution is -2.07. The molecule has 2 N–H and O–H groups in total. The van der Waals surface area contributed by atoms with Crippen LogP contribution in [-0.2, 0) is 16.0 Å². The Kier molecular flexibility index (Phi) is 10.9. The number of nitrogens with two attached hydrogens (primary N) is 1. The topological polar surface area (TPSA) is 73.9 Å².